The van der Waals surface area contributed by atoms with Gasteiger partial charge in [0, 0.05) is 36.1 Å². The molecule has 6 nitrogen and oxygen atoms in total. The van der Waals surface area contributed by atoms with Crippen LogP contribution in [-0.4, -0.2) is 41.0 Å². The van der Waals surface area contributed by atoms with Crippen LogP contribution in [0.4, 0.5) is 11.4 Å². The van der Waals surface area contributed by atoms with Gasteiger partial charge in [0.2, 0.25) is 0 Å². The number of pyridine rings is 2. The minimum Gasteiger partial charge on any atom is -0.495 e. The lowest BCUT2D eigenvalue weighted by Gasteiger charge is -2.31. The van der Waals surface area contributed by atoms with Gasteiger partial charge in [-0.2, -0.15) is 0 Å². The average molecular weight is 425 g/mol. The second-order valence-electron chi connectivity index (χ2n) is 7.82. The van der Waals surface area contributed by atoms with Crippen LogP contribution in [0.25, 0.3) is 11.0 Å². The molecule has 1 aliphatic heterocycles. The van der Waals surface area contributed by atoms with Crippen molar-refractivity contribution < 1.29 is 9.53 Å². The third kappa shape index (κ3) is 4.05. The van der Waals surface area contributed by atoms with E-state index in [0.717, 1.165) is 42.7 Å². The van der Waals surface area contributed by atoms with E-state index >= 15 is 0 Å². The van der Waals surface area contributed by atoms with E-state index in [1.165, 1.54) is 0 Å². The van der Waals surface area contributed by atoms with E-state index in [2.05, 4.69) is 22.2 Å². The molecule has 3 heterocycles. The smallest absolute Gasteiger partial charge is 0.257 e. The van der Waals surface area contributed by atoms with Gasteiger partial charge in [0.1, 0.15) is 5.75 Å². The van der Waals surface area contributed by atoms with Crippen LogP contribution in [0.5, 0.6) is 5.75 Å². The van der Waals surface area contributed by atoms with Crippen molar-refractivity contribution in [3.05, 3.63) is 52.8 Å². The molecule has 30 heavy (non-hydrogen) atoms. The van der Waals surface area contributed by atoms with Crippen molar-refractivity contribution in [1.29, 1.82) is 0 Å². The van der Waals surface area contributed by atoms with Crippen LogP contribution >= 0.6 is 11.6 Å². The molecular formula is C23H25ClN4O2. The predicted octanol–water partition coefficient (Wildman–Crippen LogP) is 5.22. The summed E-state index contributed by atoms with van der Waals surface area (Å²) in [5.74, 6) is 1.23. The Labute approximate surface area is 181 Å². The first-order valence-electron chi connectivity index (χ1n) is 10.1. The van der Waals surface area contributed by atoms with Crippen LogP contribution in [0, 0.1) is 12.8 Å². The Morgan fingerprint density at radius 2 is 2.00 bits per heavy atom. The Kier molecular flexibility index (Phi) is 5.77. The molecule has 0 bridgehead atoms. The van der Waals surface area contributed by atoms with Crippen molar-refractivity contribution in [3.63, 3.8) is 0 Å². The van der Waals surface area contributed by atoms with Crippen LogP contribution in [0.15, 0.2) is 36.5 Å². The number of piperidine rings is 1. The minimum atomic E-state index is -0.0148. The number of halogens is 1. The van der Waals surface area contributed by atoms with Crippen molar-refractivity contribution in [2.75, 3.05) is 25.5 Å². The molecule has 1 aromatic carbocycles. The second-order valence-corrected chi connectivity index (χ2v) is 8.23. The zero-order valence-corrected chi connectivity index (χ0v) is 18.2. The number of anilines is 2. The Morgan fingerprint density at radius 3 is 2.70 bits per heavy atom. The van der Waals surface area contributed by atoms with E-state index < -0.39 is 0 Å². The van der Waals surface area contributed by atoms with Gasteiger partial charge >= 0.3 is 0 Å². The number of carbonyl (C=O) groups is 1. The maximum Gasteiger partial charge on any atom is 0.257 e. The normalized spacial score (nSPS) is 14.7. The standard InChI is InChI=1S/C23H25ClN4O2/c1-14-8-10-28(11-9-14)23(29)18-13-25-22-17(6-4-15(2)26-22)21(18)27-16-5-7-20(30-3)19(24)12-16/h4-7,12-14H,8-11H2,1-3H3,(H,25,26,27). The number of hydrogen-bond donors (Lipinski definition) is 1. The first kappa shape index (κ1) is 20.4. The third-order valence-corrected chi connectivity index (χ3v) is 5.89. The molecule has 0 aliphatic carbocycles. The molecule has 0 radical (unpaired) electrons. The van der Waals surface area contributed by atoms with Gasteiger partial charge in [-0.1, -0.05) is 18.5 Å². The Bertz CT molecular complexity index is 1090. The van der Waals surface area contributed by atoms with Crippen LogP contribution < -0.4 is 10.1 Å². The Morgan fingerprint density at radius 1 is 1.23 bits per heavy atom. The average Bonchev–Trinajstić information content (AvgIpc) is 2.74. The fraction of sp³-hybridized carbons (Fsp3) is 0.348. The van der Waals surface area contributed by atoms with E-state index in [9.17, 15) is 4.79 Å². The number of ether oxygens (including phenoxy) is 1. The highest BCUT2D eigenvalue weighted by Gasteiger charge is 2.25. The van der Waals surface area contributed by atoms with Gasteiger partial charge in [-0.15, -0.1) is 0 Å². The molecule has 1 N–H and O–H groups in total. The number of fused-ring (bicyclic) bond motifs is 1. The first-order chi connectivity index (χ1) is 14.5. The fourth-order valence-corrected chi connectivity index (χ4v) is 4.00. The quantitative estimate of drug-likeness (QED) is 0.622. The molecular weight excluding hydrogens is 400 g/mol. The molecule has 1 amide bonds. The number of carbonyl (C=O) groups excluding carboxylic acids is 1. The van der Waals surface area contributed by atoms with E-state index in [4.69, 9.17) is 16.3 Å². The summed E-state index contributed by atoms with van der Waals surface area (Å²) < 4.78 is 5.24. The highest BCUT2D eigenvalue weighted by Crippen LogP contribution is 2.33. The van der Waals surface area contributed by atoms with Crippen LogP contribution in [-0.2, 0) is 0 Å². The molecule has 0 unspecified atom stereocenters. The molecule has 1 saturated heterocycles. The van der Waals surface area contributed by atoms with Crippen molar-refractivity contribution >= 4 is 39.9 Å². The van der Waals surface area contributed by atoms with Crippen molar-refractivity contribution in [2.24, 2.45) is 5.92 Å². The van der Waals surface area contributed by atoms with Gasteiger partial charge in [-0.3, -0.25) is 4.79 Å². The first-order valence-corrected chi connectivity index (χ1v) is 10.5. The van der Waals surface area contributed by atoms with Gasteiger partial charge in [0.05, 0.1) is 23.4 Å². The molecule has 2 aromatic heterocycles. The van der Waals surface area contributed by atoms with Crippen LogP contribution in [0.3, 0.4) is 0 Å². The van der Waals surface area contributed by atoms with Gasteiger partial charge in [0.25, 0.3) is 5.91 Å². The number of nitrogens with zero attached hydrogens (tertiary/aromatic N) is 3. The van der Waals surface area contributed by atoms with Crippen LogP contribution in [0.2, 0.25) is 5.02 Å². The van der Waals surface area contributed by atoms with E-state index in [0.29, 0.717) is 33.6 Å². The molecule has 0 atom stereocenters. The summed E-state index contributed by atoms with van der Waals surface area (Å²) in [5.41, 5.74) is 3.46. The minimum absolute atomic E-state index is 0.0148. The second kappa shape index (κ2) is 8.48. The van der Waals surface area contributed by atoms with Gasteiger partial charge in [0.15, 0.2) is 5.65 Å². The highest BCUT2D eigenvalue weighted by molar-refractivity contribution is 6.32. The zero-order chi connectivity index (χ0) is 21.3. The fourth-order valence-electron chi connectivity index (χ4n) is 3.74. The molecule has 1 aliphatic rings. The molecule has 7 heteroatoms. The number of hydrogen-bond acceptors (Lipinski definition) is 5. The van der Waals surface area contributed by atoms with Gasteiger partial charge < -0.3 is 15.0 Å². The third-order valence-electron chi connectivity index (χ3n) is 5.59. The summed E-state index contributed by atoms with van der Waals surface area (Å²) in [5, 5.41) is 4.68. The number of likely N-dealkylation sites (tertiary alicyclic amines) is 1. The number of nitrogens with one attached hydrogen (secondary N) is 1. The lowest BCUT2D eigenvalue weighted by molar-refractivity contribution is 0.0698. The van der Waals surface area contributed by atoms with Crippen molar-refractivity contribution in [2.45, 2.75) is 26.7 Å². The molecule has 0 spiro atoms. The topological polar surface area (TPSA) is 67.3 Å². The monoisotopic (exact) mass is 424 g/mol. The SMILES string of the molecule is COc1ccc(Nc2c(C(=O)N3CCC(C)CC3)cnc3nc(C)ccc23)cc1Cl. The number of methoxy groups -OCH3 is 1. The molecule has 4 rings (SSSR count). The predicted molar refractivity (Wildman–Crippen MR) is 120 cm³/mol. The number of aryl methyl sites for hydroxylation is 1. The number of benzene rings is 1. The molecule has 0 saturated carbocycles. The van der Waals surface area contributed by atoms with E-state index in [1.807, 2.05) is 30.0 Å². The highest BCUT2D eigenvalue weighted by atomic mass is 35.5. The van der Waals surface area contributed by atoms with Crippen molar-refractivity contribution in [3.8, 4) is 5.75 Å². The molecule has 3 aromatic rings. The lowest BCUT2D eigenvalue weighted by atomic mass is 9.98. The van der Waals surface area contributed by atoms with Crippen LogP contribution in [0.1, 0.15) is 35.8 Å². The lowest BCUT2D eigenvalue weighted by Crippen LogP contribution is -2.38. The Balaban J connectivity index is 1.77. The number of aromatic nitrogens is 2. The maximum atomic E-state index is 13.4. The number of rotatable bonds is 4. The van der Waals surface area contributed by atoms with Crippen molar-refractivity contribution in [1.82, 2.24) is 14.9 Å². The Hall–Kier alpha value is -2.86. The summed E-state index contributed by atoms with van der Waals surface area (Å²) in [6, 6.07) is 9.32. The maximum absolute atomic E-state index is 13.4. The molecule has 1 fully saturated rings. The largest absolute Gasteiger partial charge is 0.495 e. The number of amides is 1. The summed E-state index contributed by atoms with van der Waals surface area (Å²) in [7, 11) is 1.58. The van der Waals surface area contributed by atoms with Gasteiger partial charge in [-0.25, -0.2) is 9.97 Å². The summed E-state index contributed by atoms with van der Waals surface area (Å²) >= 11 is 6.31. The van der Waals surface area contributed by atoms with E-state index in [-0.39, 0.29) is 5.91 Å². The summed E-state index contributed by atoms with van der Waals surface area (Å²) in [6.07, 6.45) is 3.66. The summed E-state index contributed by atoms with van der Waals surface area (Å²) in [6.45, 7) is 5.68. The molecule has 156 valence electrons. The van der Waals surface area contributed by atoms with E-state index in [1.54, 1.807) is 25.4 Å². The zero-order valence-electron chi connectivity index (χ0n) is 17.4. The van der Waals surface area contributed by atoms with Gasteiger partial charge in [-0.05, 0) is 56.0 Å². The summed E-state index contributed by atoms with van der Waals surface area (Å²) in [4.78, 5) is 24.3.